The van der Waals surface area contributed by atoms with Crippen LogP contribution in [0, 0.1) is 10.1 Å². The van der Waals surface area contributed by atoms with Crippen LogP contribution in [0.15, 0.2) is 24.3 Å². The van der Waals surface area contributed by atoms with Gasteiger partial charge in [0.2, 0.25) is 0 Å². The first-order valence-electron chi connectivity index (χ1n) is 5.20. The Kier molecular flexibility index (Phi) is 4.59. The number of esters is 1. The lowest BCUT2D eigenvalue weighted by Crippen LogP contribution is -2.31. The van der Waals surface area contributed by atoms with Crippen molar-refractivity contribution in [2.45, 2.75) is 26.0 Å². The topological polar surface area (TPSA) is 95.5 Å². The van der Waals surface area contributed by atoms with Crippen LogP contribution >= 0.6 is 0 Å². The summed E-state index contributed by atoms with van der Waals surface area (Å²) >= 11 is 0. The summed E-state index contributed by atoms with van der Waals surface area (Å²) in [5.74, 6) is -0.550. The molecule has 6 nitrogen and oxygen atoms in total. The normalized spacial score (nSPS) is 11.9. The Hall–Kier alpha value is -1.95. The van der Waals surface area contributed by atoms with Gasteiger partial charge >= 0.3 is 5.97 Å². The van der Waals surface area contributed by atoms with Crippen molar-refractivity contribution < 1.29 is 14.5 Å². The highest BCUT2D eigenvalue weighted by Gasteiger charge is 2.16. The number of para-hydroxylation sites is 1. The molecule has 1 aromatic rings. The van der Waals surface area contributed by atoms with Crippen molar-refractivity contribution in [3.63, 3.8) is 0 Å². The number of benzene rings is 1. The van der Waals surface area contributed by atoms with Gasteiger partial charge in [0.15, 0.2) is 0 Å². The minimum absolute atomic E-state index is 0.0645. The predicted octanol–water partition coefficient (Wildman–Crippen LogP) is 1.38. The molecule has 0 spiro atoms. The molecular formula is C11H14N2O4. The quantitative estimate of drug-likeness (QED) is 0.475. The van der Waals surface area contributed by atoms with Crippen molar-refractivity contribution in [2.24, 2.45) is 5.73 Å². The molecule has 0 saturated carbocycles. The first-order chi connectivity index (χ1) is 8.06. The number of nitrogens with zero attached hydrogens (tertiary/aromatic N) is 1. The number of rotatable bonds is 5. The molecule has 0 saturated heterocycles. The van der Waals surface area contributed by atoms with E-state index < -0.39 is 16.9 Å². The number of carbonyl (C=O) groups is 1. The molecule has 1 atom stereocenters. The third kappa shape index (κ3) is 3.53. The number of ether oxygens (including phenoxy) is 1. The number of hydrogen-bond acceptors (Lipinski definition) is 5. The van der Waals surface area contributed by atoms with Gasteiger partial charge in [0.25, 0.3) is 5.69 Å². The summed E-state index contributed by atoms with van der Waals surface area (Å²) in [6, 6.07) is 5.43. The van der Waals surface area contributed by atoms with Gasteiger partial charge in [0.05, 0.1) is 10.5 Å². The fourth-order valence-corrected chi connectivity index (χ4v) is 1.23. The molecule has 0 fully saturated rings. The van der Waals surface area contributed by atoms with Crippen LogP contribution in [-0.2, 0) is 16.1 Å². The maximum Gasteiger partial charge on any atom is 0.323 e. The summed E-state index contributed by atoms with van der Waals surface area (Å²) in [6.07, 6.45) is 0.468. The second-order valence-corrected chi connectivity index (χ2v) is 3.51. The molecule has 0 bridgehead atoms. The molecular weight excluding hydrogens is 224 g/mol. The minimum atomic E-state index is -0.683. The van der Waals surface area contributed by atoms with E-state index in [9.17, 15) is 14.9 Å². The average Bonchev–Trinajstić information content (AvgIpc) is 2.35. The highest BCUT2D eigenvalue weighted by Crippen LogP contribution is 2.18. The van der Waals surface area contributed by atoms with Gasteiger partial charge in [-0.3, -0.25) is 14.9 Å². The van der Waals surface area contributed by atoms with Crippen molar-refractivity contribution in [2.75, 3.05) is 0 Å². The van der Waals surface area contributed by atoms with Crippen LogP contribution in [0.2, 0.25) is 0 Å². The van der Waals surface area contributed by atoms with E-state index in [1.807, 2.05) is 0 Å². The Morgan fingerprint density at radius 1 is 1.53 bits per heavy atom. The van der Waals surface area contributed by atoms with E-state index >= 15 is 0 Å². The van der Waals surface area contributed by atoms with Gasteiger partial charge in [-0.05, 0) is 12.5 Å². The molecule has 2 N–H and O–H groups in total. The lowest BCUT2D eigenvalue weighted by molar-refractivity contribution is -0.385. The van der Waals surface area contributed by atoms with Gasteiger partial charge < -0.3 is 10.5 Å². The Balaban J connectivity index is 2.69. The van der Waals surface area contributed by atoms with Gasteiger partial charge in [-0.2, -0.15) is 0 Å². The van der Waals surface area contributed by atoms with Crippen LogP contribution in [0.4, 0.5) is 5.69 Å². The van der Waals surface area contributed by atoms with E-state index in [1.165, 1.54) is 6.07 Å². The third-order valence-corrected chi connectivity index (χ3v) is 2.30. The third-order valence-electron chi connectivity index (χ3n) is 2.30. The van der Waals surface area contributed by atoms with Crippen molar-refractivity contribution in [3.05, 3.63) is 39.9 Å². The molecule has 6 heteroatoms. The van der Waals surface area contributed by atoms with Crippen molar-refractivity contribution in [1.82, 2.24) is 0 Å². The molecule has 0 aliphatic carbocycles. The summed E-state index contributed by atoms with van der Waals surface area (Å²) in [4.78, 5) is 21.5. The first-order valence-corrected chi connectivity index (χ1v) is 5.20. The molecule has 17 heavy (non-hydrogen) atoms. The first kappa shape index (κ1) is 13.1. The Morgan fingerprint density at radius 2 is 2.18 bits per heavy atom. The second-order valence-electron chi connectivity index (χ2n) is 3.51. The van der Waals surface area contributed by atoms with Crippen LogP contribution in [0.25, 0.3) is 0 Å². The van der Waals surface area contributed by atoms with E-state index in [-0.39, 0.29) is 12.3 Å². The lowest BCUT2D eigenvalue weighted by Gasteiger charge is -2.09. The van der Waals surface area contributed by atoms with Crippen molar-refractivity contribution >= 4 is 11.7 Å². The number of carbonyl (C=O) groups excluding carboxylic acids is 1. The Morgan fingerprint density at radius 3 is 2.76 bits per heavy atom. The second kappa shape index (κ2) is 5.95. The summed E-state index contributed by atoms with van der Waals surface area (Å²) in [5, 5.41) is 10.7. The minimum Gasteiger partial charge on any atom is -0.459 e. The molecule has 1 rings (SSSR count). The molecule has 0 aromatic heterocycles. The number of hydrogen-bond donors (Lipinski definition) is 1. The van der Waals surface area contributed by atoms with Crippen molar-refractivity contribution in [1.29, 1.82) is 0 Å². The number of nitro benzene ring substituents is 1. The van der Waals surface area contributed by atoms with E-state index in [1.54, 1.807) is 25.1 Å². The zero-order chi connectivity index (χ0) is 12.8. The van der Waals surface area contributed by atoms with Gasteiger partial charge in [0.1, 0.15) is 12.6 Å². The molecule has 0 amide bonds. The van der Waals surface area contributed by atoms with Crippen molar-refractivity contribution in [3.8, 4) is 0 Å². The van der Waals surface area contributed by atoms with E-state index in [4.69, 9.17) is 10.5 Å². The van der Waals surface area contributed by atoms with Crippen LogP contribution in [-0.4, -0.2) is 16.9 Å². The largest absolute Gasteiger partial charge is 0.459 e. The standard InChI is InChI=1S/C11H14N2O4/c1-2-9(12)11(14)17-7-8-5-3-4-6-10(8)13(15)16/h3-6,9H,2,7,12H2,1H3. The van der Waals surface area contributed by atoms with Crippen LogP contribution in [0.5, 0.6) is 0 Å². The molecule has 0 aliphatic heterocycles. The Bertz CT molecular complexity index is 420. The average molecular weight is 238 g/mol. The van der Waals surface area contributed by atoms with E-state index in [2.05, 4.69) is 0 Å². The summed E-state index contributed by atoms with van der Waals surface area (Å²) < 4.78 is 4.90. The highest BCUT2D eigenvalue weighted by atomic mass is 16.6. The molecule has 1 unspecified atom stereocenters. The van der Waals surface area contributed by atoms with Gasteiger partial charge in [-0.15, -0.1) is 0 Å². The molecule has 92 valence electrons. The maximum absolute atomic E-state index is 11.3. The molecule has 1 aromatic carbocycles. The zero-order valence-corrected chi connectivity index (χ0v) is 9.46. The fourth-order valence-electron chi connectivity index (χ4n) is 1.23. The Labute approximate surface area is 98.5 Å². The van der Waals surface area contributed by atoms with E-state index in [0.717, 1.165) is 0 Å². The summed E-state index contributed by atoms with van der Waals surface area (Å²) in [5.41, 5.74) is 5.76. The number of nitrogens with two attached hydrogens (primary N) is 1. The van der Waals surface area contributed by atoms with Gasteiger partial charge in [-0.25, -0.2) is 0 Å². The SMILES string of the molecule is CCC(N)C(=O)OCc1ccccc1[N+](=O)[O-]. The maximum atomic E-state index is 11.3. The molecule has 0 aliphatic rings. The zero-order valence-electron chi connectivity index (χ0n) is 9.46. The van der Waals surface area contributed by atoms with Crippen LogP contribution < -0.4 is 5.73 Å². The lowest BCUT2D eigenvalue weighted by atomic mass is 10.2. The van der Waals surface area contributed by atoms with Crippen LogP contribution in [0.3, 0.4) is 0 Å². The van der Waals surface area contributed by atoms with Crippen LogP contribution in [0.1, 0.15) is 18.9 Å². The monoisotopic (exact) mass is 238 g/mol. The summed E-state index contributed by atoms with van der Waals surface area (Å²) in [7, 11) is 0. The van der Waals surface area contributed by atoms with E-state index in [0.29, 0.717) is 12.0 Å². The predicted molar refractivity (Wildman–Crippen MR) is 61.2 cm³/mol. The molecule has 0 heterocycles. The summed E-state index contributed by atoms with van der Waals surface area (Å²) in [6.45, 7) is 1.63. The molecule has 0 radical (unpaired) electrons. The van der Waals surface area contributed by atoms with Gasteiger partial charge in [-0.1, -0.05) is 19.1 Å². The fraction of sp³-hybridized carbons (Fsp3) is 0.364. The number of nitro groups is 1. The smallest absolute Gasteiger partial charge is 0.323 e. The van der Waals surface area contributed by atoms with Gasteiger partial charge in [0, 0.05) is 6.07 Å². The highest BCUT2D eigenvalue weighted by molar-refractivity contribution is 5.75.